The number of likely N-dealkylation sites (tertiary alicyclic amines) is 1. The molecule has 0 saturated carbocycles. The maximum Gasteiger partial charge on any atom is 0.230 e. The molecule has 1 aliphatic rings. The van der Waals surface area contributed by atoms with Crippen LogP contribution in [0, 0.1) is 12.8 Å². The molecule has 1 unspecified atom stereocenters. The SMILES string of the molecule is Cc1ccnc(NC(=O)C2CC(=O)N(CCCN(C)C)C2)c1. The van der Waals surface area contributed by atoms with Crippen LogP contribution in [0.2, 0.25) is 0 Å². The Bertz CT molecular complexity index is 545. The lowest BCUT2D eigenvalue weighted by Gasteiger charge is -2.18. The summed E-state index contributed by atoms with van der Waals surface area (Å²) in [5.74, 6) is 0.204. The number of aryl methyl sites for hydroxylation is 1. The van der Waals surface area contributed by atoms with Gasteiger partial charge in [0.2, 0.25) is 11.8 Å². The van der Waals surface area contributed by atoms with Crippen molar-refractivity contribution in [3.63, 3.8) is 0 Å². The summed E-state index contributed by atoms with van der Waals surface area (Å²) < 4.78 is 0. The maximum atomic E-state index is 12.3. The van der Waals surface area contributed by atoms with Gasteiger partial charge in [0.05, 0.1) is 5.92 Å². The van der Waals surface area contributed by atoms with E-state index in [1.165, 1.54) is 0 Å². The van der Waals surface area contributed by atoms with Crippen molar-refractivity contribution in [3.05, 3.63) is 23.9 Å². The zero-order valence-electron chi connectivity index (χ0n) is 13.5. The van der Waals surface area contributed by atoms with Gasteiger partial charge in [0.25, 0.3) is 0 Å². The number of hydrogen-bond acceptors (Lipinski definition) is 4. The van der Waals surface area contributed by atoms with Gasteiger partial charge in [-0.25, -0.2) is 4.98 Å². The van der Waals surface area contributed by atoms with E-state index in [0.717, 1.165) is 18.5 Å². The summed E-state index contributed by atoms with van der Waals surface area (Å²) in [4.78, 5) is 32.3. The van der Waals surface area contributed by atoms with E-state index in [2.05, 4.69) is 15.2 Å². The fraction of sp³-hybridized carbons (Fsp3) is 0.562. The largest absolute Gasteiger partial charge is 0.342 e. The molecule has 0 spiro atoms. The van der Waals surface area contributed by atoms with Crippen LogP contribution in [0.3, 0.4) is 0 Å². The molecular weight excluding hydrogens is 280 g/mol. The van der Waals surface area contributed by atoms with Gasteiger partial charge in [-0.05, 0) is 51.7 Å². The minimum absolute atomic E-state index is 0.0658. The molecule has 0 bridgehead atoms. The topological polar surface area (TPSA) is 65.5 Å². The first-order chi connectivity index (χ1) is 10.5. The molecule has 0 aliphatic carbocycles. The Morgan fingerprint density at radius 1 is 1.50 bits per heavy atom. The average molecular weight is 304 g/mol. The smallest absolute Gasteiger partial charge is 0.230 e. The third-order valence-electron chi connectivity index (χ3n) is 3.79. The lowest BCUT2D eigenvalue weighted by atomic mass is 10.1. The Hall–Kier alpha value is -1.95. The molecule has 0 aromatic carbocycles. The molecule has 1 atom stereocenters. The molecule has 2 rings (SSSR count). The van der Waals surface area contributed by atoms with Crippen LogP contribution >= 0.6 is 0 Å². The molecule has 120 valence electrons. The quantitative estimate of drug-likeness (QED) is 0.855. The molecular formula is C16H24N4O2. The number of hydrogen-bond donors (Lipinski definition) is 1. The van der Waals surface area contributed by atoms with Crippen LogP contribution in [-0.4, -0.2) is 60.3 Å². The number of nitrogens with zero attached hydrogens (tertiary/aromatic N) is 3. The molecule has 1 aromatic heterocycles. The van der Waals surface area contributed by atoms with Crippen LogP contribution in [0.4, 0.5) is 5.82 Å². The third-order valence-corrected chi connectivity index (χ3v) is 3.79. The van der Waals surface area contributed by atoms with Crippen molar-refractivity contribution in [3.8, 4) is 0 Å². The van der Waals surface area contributed by atoms with Gasteiger partial charge in [0, 0.05) is 25.7 Å². The second-order valence-electron chi connectivity index (χ2n) is 6.11. The van der Waals surface area contributed by atoms with Crippen molar-refractivity contribution in [2.75, 3.05) is 39.0 Å². The fourth-order valence-electron chi connectivity index (χ4n) is 2.57. The third kappa shape index (κ3) is 4.53. The first-order valence-corrected chi connectivity index (χ1v) is 7.61. The molecule has 6 nitrogen and oxygen atoms in total. The zero-order valence-corrected chi connectivity index (χ0v) is 13.5. The van der Waals surface area contributed by atoms with Crippen LogP contribution in [0.15, 0.2) is 18.3 Å². The van der Waals surface area contributed by atoms with Crippen molar-refractivity contribution in [1.82, 2.24) is 14.8 Å². The standard InChI is InChI=1S/C16H24N4O2/c1-12-5-6-17-14(9-12)18-16(22)13-10-15(21)20(11-13)8-4-7-19(2)3/h5-6,9,13H,4,7-8,10-11H2,1-3H3,(H,17,18,22). The summed E-state index contributed by atoms with van der Waals surface area (Å²) in [6.07, 6.45) is 2.88. The second-order valence-corrected chi connectivity index (χ2v) is 6.11. The number of aromatic nitrogens is 1. The van der Waals surface area contributed by atoms with Gasteiger partial charge >= 0.3 is 0 Å². The molecule has 1 saturated heterocycles. The van der Waals surface area contributed by atoms with E-state index in [1.54, 1.807) is 11.1 Å². The van der Waals surface area contributed by atoms with Crippen molar-refractivity contribution in [2.45, 2.75) is 19.8 Å². The molecule has 2 amide bonds. The summed E-state index contributed by atoms with van der Waals surface area (Å²) in [6.45, 7) is 4.10. The lowest BCUT2D eigenvalue weighted by Crippen LogP contribution is -2.30. The van der Waals surface area contributed by atoms with Crippen LogP contribution in [0.25, 0.3) is 0 Å². The molecule has 22 heavy (non-hydrogen) atoms. The summed E-state index contributed by atoms with van der Waals surface area (Å²) in [7, 11) is 4.02. The maximum absolute atomic E-state index is 12.3. The van der Waals surface area contributed by atoms with Crippen LogP contribution in [0.5, 0.6) is 0 Å². The normalized spacial score (nSPS) is 18.1. The van der Waals surface area contributed by atoms with E-state index >= 15 is 0 Å². The Morgan fingerprint density at radius 2 is 2.27 bits per heavy atom. The van der Waals surface area contributed by atoms with Crippen LogP contribution in [-0.2, 0) is 9.59 Å². The minimum atomic E-state index is -0.283. The number of rotatable bonds is 6. The van der Waals surface area contributed by atoms with E-state index in [0.29, 0.717) is 25.3 Å². The fourth-order valence-corrected chi connectivity index (χ4v) is 2.57. The molecule has 0 radical (unpaired) electrons. The number of carbonyl (C=O) groups excluding carboxylic acids is 2. The van der Waals surface area contributed by atoms with Gasteiger partial charge < -0.3 is 15.1 Å². The molecule has 1 fully saturated rings. The van der Waals surface area contributed by atoms with Gasteiger partial charge in [-0.3, -0.25) is 9.59 Å². The van der Waals surface area contributed by atoms with Crippen molar-refractivity contribution in [1.29, 1.82) is 0 Å². The molecule has 1 N–H and O–H groups in total. The first kappa shape index (κ1) is 16.4. The first-order valence-electron chi connectivity index (χ1n) is 7.61. The van der Waals surface area contributed by atoms with E-state index < -0.39 is 0 Å². The van der Waals surface area contributed by atoms with Gasteiger partial charge in [0.1, 0.15) is 5.82 Å². The van der Waals surface area contributed by atoms with Gasteiger partial charge in [0.15, 0.2) is 0 Å². The van der Waals surface area contributed by atoms with Gasteiger partial charge in [-0.15, -0.1) is 0 Å². The van der Waals surface area contributed by atoms with Gasteiger partial charge in [-0.2, -0.15) is 0 Å². The van der Waals surface area contributed by atoms with E-state index in [9.17, 15) is 9.59 Å². The van der Waals surface area contributed by atoms with Gasteiger partial charge in [-0.1, -0.05) is 0 Å². The molecule has 2 heterocycles. The predicted molar refractivity (Wildman–Crippen MR) is 85.5 cm³/mol. The number of anilines is 1. The number of nitrogens with one attached hydrogen (secondary N) is 1. The predicted octanol–water partition coefficient (Wildman–Crippen LogP) is 1.13. The highest BCUT2D eigenvalue weighted by molar-refractivity contribution is 5.96. The highest BCUT2D eigenvalue weighted by atomic mass is 16.2. The summed E-state index contributed by atoms with van der Waals surface area (Å²) in [5, 5.41) is 2.80. The molecule has 6 heteroatoms. The second kappa shape index (κ2) is 7.35. The molecule has 1 aromatic rings. The van der Waals surface area contributed by atoms with E-state index in [1.807, 2.05) is 33.2 Å². The Kier molecular flexibility index (Phi) is 5.49. The summed E-state index contributed by atoms with van der Waals surface area (Å²) >= 11 is 0. The average Bonchev–Trinajstić information content (AvgIpc) is 2.80. The van der Waals surface area contributed by atoms with Crippen LogP contribution < -0.4 is 5.32 Å². The number of pyridine rings is 1. The van der Waals surface area contributed by atoms with E-state index in [-0.39, 0.29) is 17.7 Å². The Morgan fingerprint density at radius 3 is 2.95 bits per heavy atom. The molecule has 1 aliphatic heterocycles. The zero-order chi connectivity index (χ0) is 16.1. The number of carbonyl (C=O) groups is 2. The number of amides is 2. The van der Waals surface area contributed by atoms with Crippen molar-refractivity contribution >= 4 is 17.6 Å². The highest BCUT2D eigenvalue weighted by Gasteiger charge is 2.34. The minimum Gasteiger partial charge on any atom is -0.342 e. The highest BCUT2D eigenvalue weighted by Crippen LogP contribution is 2.20. The Balaban J connectivity index is 1.85. The lowest BCUT2D eigenvalue weighted by molar-refractivity contribution is -0.128. The van der Waals surface area contributed by atoms with E-state index in [4.69, 9.17) is 0 Å². The van der Waals surface area contributed by atoms with Crippen molar-refractivity contribution in [2.24, 2.45) is 5.92 Å². The van der Waals surface area contributed by atoms with Crippen molar-refractivity contribution < 1.29 is 9.59 Å². The van der Waals surface area contributed by atoms with Crippen LogP contribution in [0.1, 0.15) is 18.4 Å². The Labute approximate surface area is 131 Å². The monoisotopic (exact) mass is 304 g/mol. The summed E-state index contributed by atoms with van der Waals surface area (Å²) in [5.41, 5.74) is 1.04. The summed E-state index contributed by atoms with van der Waals surface area (Å²) in [6, 6.07) is 3.70.